The van der Waals surface area contributed by atoms with Gasteiger partial charge >= 0.3 is 11.3 Å². The fraction of sp³-hybridized carbons (Fsp3) is 0.211. The number of rotatable bonds is 4. The van der Waals surface area contributed by atoms with E-state index < -0.39 is 6.17 Å². The number of H-pyrrole nitrogens is 1. The predicted octanol–water partition coefficient (Wildman–Crippen LogP) is 3.29. The van der Waals surface area contributed by atoms with Gasteiger partial charge in [0.05, 0.1) is 18.4 Å². The van der Waals surface area contributed by atoms with Gasteiger partial charge in [0.15, 0.2) is 11.5 Å². The Bertz CT molecular complexity index is 1120. The summed E-state index contributed by atoms with van der Waals surface area (Å²) in [6.45, 7) is 2.00. The van der Waals surface area contributed by atoms with Crippen LogP contribution in [0.3, 0.4) is 0 Å². The number of nitrogens with one attached hydrogen (secondary N) is 2. The van der Waals surface area contributed by atoms with Crippen molar-refractivity contribution in [3.8, 4) is 22.8 Å². The fourth-order valence-electron chi connectivity index (χ4n) is 3.22. The van der Waals surface area contributed by atoms with E-state index in [9.17, 15) is 9.90 Å². The number of thioether (sulfide) groups is 1. The molecular formula is C19H18BrN4O3S+. The van der Waals surface area contributed by atoms with E-state index in [0.717, 1.165) is 27.0 Å². The Morgan fingerprint density at radius 1 is 1.32 bits per heavy atom. The van der Waals surface area contributed by atoms with Crippen molar-refractivity contribution in [1.82, 2.24) is 10.1 Å². The normalized spacial score (nSPS) is 14.8. The van der Waals surface area contributed by atoms with E-state index in [1.54, 1.807) is 16.8 Å². The smallest absolute Gasteiger partial charge is 0.325 e. The SMILES string of the molecule is CCSc1n[n+]2c(c(=O)[nH]1)-c1cc(Br)ccc1N[C@@H]2c1ccc(OC)c(O)c1. The number of aromatic amines is 1. The fourth-order valence-corrected chi connectivity index (χ4v) is 4.16. The van der Waals surface area contributed by atoms with Gasteiger partial charge in [-0.05, 0) is 46.8 Å². The molecule has 1 atom stereocenters. The molecule has 3 N–H and O–H groups in total. The van der Waals surface area contributed by atoms with Gasteiger partial charge in [-0.2, -0.15) is 0 Å². The summed E-state index contributed by atoms with van der Waals surface area (Å²) in [6, 6.07) is 10.9. The van der Waals surface area contributed by atoms with Gasteiger partial charge in [0.2, 0.25) is 5.16 Å². The summed E-state index contributed by atoms with van der Waals surface area (Å²) in [5.74, 6) is 1.19. The molecule has 2 heterocycles. The number of methoxy groups -OCH3 is 1. The number of aromatic nitrogens is 3. The number of phenolic OH excluding ortho intramolecular Hbond substituents is 1. The van der Waals surface area contributed by atoms with Crippen LogP contribution in [0.25, 0.3) is 11.3 Å². The summed E-state index contributed by atoms with van der Waals surface area (Å²) >= 11 is 4.93. The third kappa shape index (κ3) is 3.24. The molecule has 9 heteroatoms. The van der Waals surface area contributed by atoms with E-state index in [4.69, 9.17) is 4.74 Å². The van der Waals surface area contributed by atoms with Crippen LogP contribution in [0.2, 0.25) is 0 Å². The zero-order valence-electron chi connectivity index (χ0n) is 15.2. The molecule has 0 unspecified atom stereocenters. The van der Waals surface area contributed by atoms with Gasteiger partial charge in [0.1, 0.15) is 0 Å². The van der Waals surface area contributed by atoms with Crippen LogP contribution in [0.15, 0.2) is 50.8 Å². The first-order valence-corrected chi connectivity index (χ1v) is 10.4. The molecule has 1 aliphatic rings. The van der Waals surface area contributed by atoms with E-state index in [1.807, 2.05) is 31.2 Å². The number of hydrogen-bond acceptors (Lipinski definition) is 6. The summed E-state index contributed by atoms with van der Waals surface area (Å²) < 4.78 is 7.68. The number of anilines is 1. The van der Waals surface area contributed by atoms with Crippen LogP contribution in [-0.4, -0.2) is 28.1 Å². The Morgan fingerprint density at radius 3 is 2.86 bits per heavy atom. The molecule has 4 rings (SSSR count). The first kappa shape index (κ1) is 18.8. The number of hydrogen-bond donors (Lipinski definition) is 3. The standard InChI is InChI=1S/C19H17BrN4O3S/c1-3-28-19-22-18(26)16-12-9-11(20)5-6-13(12)21-17(24(16)23-19)10-4-7-15(27-2)14(25)8-10/h4-9,17H,3H2,1-2H3,(H2,22,23,25,26)/p+1/t17-/m0/s1. The lowest BCUT2D eigenvalue weighted by molar-refractivity contribution is -0.759. The zero-order chi connectivity index (χ0) is 19.8. The van der Waals surface area contributed by atoms with Crippen molar-refractivity contribution in [1.29, 1.82) is 0 Å². The average molecular weight is 462 g/mol. The summed E-state index contributed by atoms with van der Waals surface area (Å²) in [5.41, 5.74) is 2.56. The van der Waals surface area contributed by atoms with Crippen molar-refractivity contribution in [3.63, 3.8) is 0 Å². The molecule has 144 valence electrons. The molecule has 0 aliphatic carbocycles. The molecule has 0 spiro atoms. The van der Waals surface area contributed by atoms with Crippen molar-refractivity contribution in [2.75, 3.05) is 18.2 Å². The number of halogens is 1. The van der Waals surface area contributed by atoms with Gasteiger partial charge in [0, 0.05) is 15.1 Å². The van der Waals surface area contributed by atoms with E-state index in [-0.39, 0.29) is 11.3 Å². The lowest BCUT2D eigenvalue weighted by Gasteiger charge is -2.22. The van der Waals surface area contributed by atoms with Crippen molar-refractivity contribution in [2.45, 2.75) is 18.2 Å². The highest BCUT2D eigenvalue weighted by Gasteiger charge is 2.38. The predicted molar refractivity (Wildman–Crippen MR) is 111 cm³/mol. The maximum atomic E-state index is 12.9. The largest absolute Gasteiger partial charge is 0.504 e. The minimum atomic E-state index is -0.459. The van der Waals surface area contributed by atoms with Gasteiger partial charge < -0.3 is 15.2 Å². The maximum Gasteiger partial charge on any atom is 0.325 e. The van der Waals surface area contributed by atoms with Crippen molar-refractivity contribution in [2.24, 2.45) is 0 Å². The van der Waals surface area contributed by atoms with Gasteiger partial charge in [-0.15, -0.1) is 0 Å². The van der Waals surface area contributed by atoms with E-state index in [1.165, 1.54) is 18.9 Å². The number of phenols is 1. The van der Waals surface area contributed by atoms with Crippen LogP contribution in [0.4, 0.5) is 5.69 Å². The Kier molecular flexibility index (Phi) is 5.03. The average Bonchev–Trinajstić information content (AvgIpc) is 2.67. The highest BCUT2D eigenvalue weighted by molar-refractivity contribution is 9.10. The molecule has 0 bridgehead atoms. The van der Waals surface area contributed by atoms with Crippen LogP contribution >= 0.6 is 27.7 Å². The topological polar surface area (TPSA) is 91.1 Å². The Hall–Kier alpha value is -2.52. The van der Waals surface area contributed by atoms with Crippen LogP contribution in [-0.2, 0) is 0 Å². The number of aromatic hydroxyl groups is 1. The zero-order valence-corrected chi connectivity index (χ0v) is 17.6. The summed E-state index contributed by atoms with van der Waals surface area (Å²) in [6.07, 6.45) is -0.459. The highest BCUT2D eigenvalue weighted by Crippen LogP contribution is 2.36. The van der Waals surface area contributed by atoms with E-state index in [0.29, 0.717) is 16.6 Å². The third-order valence-electron chi connectivity index (χ3n) is 4.44. The number of ether oxygens (including phenoxy) is 1. The first-order chi connectivity index (χ1) is 13.5. The molecule has 0 amide bonds. The van der Waals surface area contributed by atoms with Crippen LogP contribution in [0, 0.1) is 0 Å². The van der Waals surface area contributed by atoms with Crippen LogP contribution < -0.4 is 20.3 Å². The summed E-state index contributed by atoms with van der Waals surface area (Å²) in [5, 5.41) is 18.9. The maximum absolute atomic E-state index is 12.9. The second-order valence-electron chi connectivity index (χ2n) is 6.15. The van der Waals surface area contributed by atoms with E-state index >= 15 is 0 Å². The minimum Gasteiger partial charge on any atom is -0.504 e. The molecule has 2 aromatic carbocycles. The third-order valence-corrected chi connectivity index (χ3v) is 5.68. The van der Waals surface area contributed by atoms with E-state index in [2.05, 4.69) is 31.3 Å². The number of benzene rings is 2. The number of fused-ring (bicyclic) bond motifs is 3. The second kappa shape index (κ2) is 7.48. The van der Waals surface area contributed by atoms with Crippen molar-refractivity contribution < 1.29 is 14.5 Å². The molecule has 3 aromatic rings. The molecule has 0 saturated heterocycles. The molecule has 0 fully saturated rings. The molecule has 28 heavy (non-hydrogen) atoms. The molecule has 7 nitrogen and oxygen atoms in total. The molecule has 0 radical (unpaired) electrons. The van der Waals surface area contributed by atoms with Gasteiger partial charge in [-0.3, -0.25) is 9.78 Å². The molecular weight excluding hydrogens is 444 g/mol. The summed E-state index contributed by atoms with van der Waals surface area (Å²) in [4.78, 5) is 15.8. The second-order valence-corrected chi connectivity index (χ2v) is 8.32. The van der Waals surface area contributed by atoms with Gasteiger partial charge in [0.25, 0.3) is 6.17 Å². The highest BCUT2D eigenvalue weighted by atomic mass is 79.9. The molecule has 0 saturated carbocycles. The molecule has 1 aliphatic heterocycles. The first-order valence-electron chi connectivity index (χ1n) is 8.64. The summed E-state index contributed by atoms with van der Waals surface area (Å²) in [7, 11) is 1.50. The van der Waals surface area contributed by atoms with Crippen LogP contribution in [0.5, 0.6) is 11.5 Å². The number of nitrogens with zero attached hydrogens (tertiary/aromatic N) is 2. The van der Waals surface area contributed by atoms with Crippen LogP contribution in [0.1, 0.15) is 18.7 Å². The van der Waals surface area contributed by atoms with Crippen molar-refractivity contribution in [3.05, 3.63) is 56.8 Å². The molecule has 1 aromatic heterocycles. The minimum absolute atomic E-state index is 0.0264. The lowest BCUT2D eigenvalue weighted by Crippen LogP contribution is -2.55. The Balaban J connectivity index is 1.94. The van der Waals surface area contributed by atoms with Crippen molar-refractivity contribution >= 4 is 33.4 Å². The van der Waals surface area contributed by atoms with Gasteiger partial charge in [-0.1, -0.05) is 34.6 Å². The Labute approximate surface area is 173 Å². The Morgan fingerprint density at radius 2 is 2.14 bits per heavy atom. The quantitative estimate of drug-likeness (QED) is 0.407. The lowest BCUT2D eigenvalue weighted by atomic mass is 10.0. The van der Waals surface area contributed by atoms with Gasteiger partial charge in [-0.25, -0.2) is 0 Å². The monoisotopic (exact) mass is 461 g/mol.